The van der Waals surface area contributed by atoms with E-state index in [1.165, 1.54) is 6.20 Å². The van der Waals surface area contributed by atoms with E-state index in [0.29, 0.717) is 18.4 Å². The smallest absolute Gasteiger partial charge is 0.343 e. The van der Waals surface area contributed by atoms with E-state index in [2.05, 4.69) is 21.2 Å². The van der Waals surface area contributed by atoms with E-state index in [1.807, 2.05) is 12.1 Å². The third-order valence-corrected chi connectivity index (χ3v) is 4.31. The zero-order chi connectivity index (χ0) is 20.7. The van der Waals surface area contributed by atoms with E-state index in [9.17, 15) is 18.4 Å². The van der Waals surface area contributed by atoms with E-state index in [1.54, 1.807) is 26.2 Å². The quantitative estimate of drug-likeness (QED) is 0.162. The van der Waals surface area contributed by atoms with Gasteiger partial charge in [-0.1, -0.05) is 12.1 Å². The molecule has 0 aliphatic rings. The molecule has 0 aliphatic carbocycles. The number of Topliss-reactive ketones (excluding diaryl/α,β-unsaturated/α-hetero) is 1. The molecular weight excluding hydrogens is 436 g/mol. The third kappa shape index (κ3) is 5.39. The summed E-state index contributed by atoms with van der Waals surface area (Å²) in [7, 11) is 1.56. The molecule has 0 saturated carbocycles. The molecule has 0 amide bonds. The Labute approximate surface area is 169 Å². The summed E-state index contributed by atoms with van der Waals surface area (Å²) in [6, 6.07) is 8.71. The molecule has 2 aromatic carbocycles. The summed E-state index contributed by atoms with van der Waals surface area (Å²) in [6.45, 7) is 1.92. The van der Waals surface area contributed by atoms with Gasteiger partial charge in [-0.25, -0.2) is 13.6 Å². The van der Waals surface area contributed by atoms with Crippen molar-refractivity contribution in [2.45, 2.75) is 13.5 Å². The summed E-state index contributed by atoms with van der Waals surface area (Å²) in [6.07, 6.45) is 1.17. The number of esters is 1. The van der Waals surface area contributed by atoms with Crippen molar-refractivity contribution < 1.29 is 27.8 Å². The number of ether oxygens (including phenoxy) is 2. The molecule has 2 aromatic rings. The molecule has 0 spiro atoms. The van der Waals surface area contributed by atoms with Gasteiger partial charge in [0.05, 0.1) is 23.8 Å². The fraction of sp³-hybridized carbons (Fsp3) is 0.200. The molecule has 2 rings (SSSR count). The maximum Gasteiger partial charge on any atom is 0.343 e. The van der Waals surface area contributed by atoms with Crippen LogP contribution in [0, 0.1) is 11.6 Å². The number of carbonyl (C=O) groups is 2. The van der Waals surface area contributed by atoms with Crippen molar-refractivity contribution in [2.24, 2.45) is 0 Å². The van der Waals surface area contributed by atoms with Gasteiger partial charge in [-0.2, -0.15) is 0 Å². The highest BCUT2D eigenvalue weighted by Crippen LogP contribution is 2.22. The average Bonchev–Trinajstić information content (AvgIpc) is 2.68. The van der Waals surface area contributed by atoms with Crippen LogP contribution in [-0.4, -0.2) is 25.5 Å². The number of hydrogen-bond donors (Lipinski definition) is 1. The number of carbonyl (C=O) groups excluding carboxylic acids is 2. The Balaban J connectivity index is 2.25. The van der Waals surface area contributed by atoms with Crippen LogP contribution in [0.2, 0.25) is 0 Å². The van der Waals surface area contributed by atoms with Crippen LogP contribution in [0.5, 0.6) is 5.75 Å². The summed E-state index contributed by atoms with van der Waals surface area (Å²) in [5.74, 6) is -3.06. The predicted molar refractivity (Wildman–Crippen MR) is 103 cm³/mol. The maximum atomic E-state index is 14.1. The molecule has 0 radical (unpaired) electrons. The molecule has 5 nitrogen and oxygen atoms in total. The molecule has 148 valence electrons. The van der Waals surface area contributed by atoms with Crippen LogP contribution in [0.25, 0.3) is 0 Å². The first-order valence-electron chi connectivity index (χ1n) is 8.30. The van der Waals surface area contributed by atoms with E-state index < -0.39 is 34.5 Å². The first-order chi connectivity index (χ1) is 13.4. The number of halogens is 3. The Bertz CT molecular complexity index is 898. The normalized spacial score (nSPS) is 11.1. The van der Waals surface area contributed by atoms with E-state index in [4.69, 9.17) is 9.47 Å². The Morgan fingerprint density at radius 3 is 2.43 bits per heavy atom. The van der Waals surface area contributed by atoms with Crippen molar-refractivity contribution >= 4 is 27.7 Å². The van der Waals surface area contributed by atoms with Crippen LogP contribution in [0.15, 0.2) is 52.6 Å². The second-order valence-electron chi connectivity index (χ2n) is 5.58. The monoisotopic (exact) mass is 453 g/mol. The number of rotatable bonds is 8. The summed E-state index contributed by atoms with van der Waals surface area (Å²) < 4.78 is 37.3. The number of methoxy groups -OCH3 is 1. The molecule has 0 aromatic heterocycles. The molecule has 0 aliphatic heterocycles. The number of hydrogen-bond acceptors (Lipinski definition) is 5. The molecule has 0 bridgehead atoms. The second-order valence-corrected chi connectivity index (χ2v) is 6.44. The second kappa shape index (κ2) is 9.98. The SMILES string of the molecule is CCOC(=O)/C(=C\NCc1ccc(OC)cc1)C(=O)c1cc(Br)c(F)cc1F. The van der Waals surface area contributed by atoms with Crippen molar-refractivity contribution in [2.75, 3.05) is 13.7 Å². The van der Waals surface area contributed by atoms with Gasteiger partial charge in [0.1, 0.15) is 23.0 Å². The average molecular weight is 454 g/mol. The van der Waals surface area contributed by atoms with Crippen LogP contribution in [0.4, 0.5) is 8.78 Å². The highest BCUT2D eigenvalue weighted by atomic mass is 79.9. The summed E-state index contributed by atoms with van der Waals surface area (Å²) in [5, 5.41) is 2.84. The van der Waals surface area contributed by atoms with Gasteiger partial charge in [-0.3, -0.25) is 4.79 Å². The molecule has 0 saturated heterocycles. The molecule has 0 heterocycles. The number of nitrogens with one attached hydrogen (secondary N) is 1. The lowest BCUT2D eigenvalue weighted by atomic mass is 10.0. The molecule has 0 fully saturated rings. The van der Waals surface area contributed by atoms with Crippen molar-refractivity contribution in [3.05, 3.63) is 75.4 Å². The minimum absolute atomic E-state index is 0.0392. The minimum Gasteiger partial charge on any atom is -0.497 e. The Kier molecular flexibility index (Phi) is 7.69. The third-order valence-electron chi connectivity index (χ3n) is 3.71. The lowest BCUT2D eigenvalue weighted by Gasteiger charge is -2.09. The van der Waals surface area contributed by atoms with Crippen LogP contribution in [0.3, 0.4) is 0 Å². The van der Waals surface area contributed by atoms with Gasteiger partial charge in [-0.05, 0) is 46.6 Å². The standard InChI is InChI=1S/C20H18BrF2NO4/c1-3-28-20(26)15(11-24-10-12-4-6-13(27-2)7-5-12)19(25)14-8-16(21)18(23)9-17(14)22/h4-9,11,24H,3,10H2,1-2H3/b15-11-. The Hall–Kier alpha value is -2.74. The zero-order valence-electron chi connectivity index (χ0n) is 15.2. The molecular formula is C20H18BrF2NO4. The molecule has 28 heavy (non-hydrogen) atoms. The first kappa shape index (κ1) is 21.6. The lowest BCUT2D eigenvalue weighted by Crippen LogP contribution is -2.20. The Morgan fingerprint density at radius 1 is 1.14 bits per heavy atom. The largest absolute Gasteiger partial charge is 0.497 e. The highest BCUT2D eigenvalue weighted by molar-refractivity contribution is 9.10. The Morgan fingerprint density at radius 2 is 1.82 bits per heavy atom. The summed E-state index contributed by atoms with van der Waals surface area (Å²) in [5.41, 5.74) is 0.0232. The van der Waals surface area contributed by atoms with Crippen LogP contribution in [0.1, 0.15) is 22.8 Å². The van der Waals surface area contributed by atoms with Crippen molar-refractivity contribution in [1.29, 1.82) is 0 Å². The van der Waals surface area contributed by atoms with Crippen molar-refractivity contribution in [1.82, 2.24) is 5.32 Å². The van der Waals surface area contributed by atoms with Gasteiger partial charge >= 0.3 is 5.97 Å². The van der Waals surface area contributed by atoms with Crippen molar-refractivity contribution in [3.63, 3.8) is 0 Å². The fourth-order valence-electron chi connectivity index (χ4n) is 2.28. The first-order valence-corrected chi connectivity index (χ1v) is 9.09. The van der Waals surface area contributed by atoms with Gasteiger partial charge in [0.2, 0.25) is 5.78 Å². The van der Waals surface area contributed by atoms with Gasteiger partial charge < -0.3 is 14.8 Å². The summed E-state index contributed by atoms with van der Waals surface area (Å²) in [4.78, 5) is 24.8. The molecule has 0 unspecified atom stereocenters. The molecule has 1 N–H and O–H groups in total. The van der Waals surface area contributed by atoms with E-state index in [-0.39, 0.29) is 11.1 Å². The predicted octanol–water partition coefficient (Wildman–Crippen LogP) is 4.16. The number of benzene rings is 2. The van der Waals surface area contributed by atoms with Gasteiger partial charge in [0, 0.05) is 18.8 Å². The van der Waals surface area contributed by atoms with Gasteiger partial charge in [-0.15, -0.1) is 0 Å². The van der Waals surface area contributed by atoms with Crippen LogP contribution >= 0.6 is 15.9 Å². The van der Waals surface area contributed by atoms with Gasteiger partial charge in [0.15, 0.2) is 0 Å². The lowest BCUT2D eigenvalue weighted by molar-refractivity contribution is -0.138. The minimum atomic E-state index is -1.07. The molecule has 0 atom stereocenters. The van der Waals surface area contributed by atoms with Crippen LogP contribution in [-0.2, 0) is 16.1 Å². The highest BCUT2D eigenvalue weighted by Gasteiger charge is 2.25. The number of ketones is 1. The zero-order valence-corrected chi connectivity index (χ0v) is 16.8. The fourth-order valence-corrected chi connectivity index (χ4v) is 2.63. The molecule has 8 heteroatoms. The van der Waals surface area contributed by atoms with Crippen LogP contribution < -0.4 is 10.1 Å². The van der Waals surface area contributed by atoms with Gasteiger partial charge in [0.25, 0.3) is 0 Å². The summed E-state index contributed by atoms with van der Waals surface area (Å²) >= 11 is 2.90. The maximum absolute atomic E-state index is 14.1. The van der Waals surface area contributed by atoms with Crippen molar-refractivity contribution in [3.8, 4) is 5.75 Å². The van der Waals surface area contributed by atoms with E-state index in [0.717, 1.165) is 11.6 Å². The topological polar surface area (TPSA) is 64.6 Å². The van der Waals surface area contributed by atoms with E-state index >= 15 is 0 Å².